The molecule has 1 aliphatic rings. The van der Waals surface area contributed by atoms with E-state index >= 15 is 0 Å². The van der Waals surface area contributed by atoms with Crippen LogP contribution in [0.1, 0.15) is 38.5 Å². The zero-order valence-corrected chi connectivity index (χ0v) is 11.1. The first-order valence-corrected chi connectivity index (χ1v) is 7.13. The van der Waals surface area contributed by atoms with Gasteiger partial charge in [-0.2, -0.15) is 0 Å². The van der Waals surface area contributed by atoms with Gasteiger partial charge in [-0.25, -0.2) is 9.97 Å². The summed E-state index contributed by atoms with van der Waals surface area (Å²) in [5, 5.41) is 3.61. The lowest BCUT2D eigenvalue weighted by atomic mass is 10.1. The second-order valence-corrected chi connectivity index (χ2v) is 5.21. The molecule has 0 aliphatic heterocycles. The third kappa shape index (κ3) is 3.13. The van der Waals surface area contributed by atoms with Crippen molar-refractivity contribution in [2.45, 2.75) is 44.6 Å². The minimum absolute atomic E-state index is 0.614. The molecule has 1 saturated carbocycles. The molecule has 2 aromatic heterocycles. The summed E-state index contributed by atoms with van der Waals surface area (Å²) in [7, 11) is 0. The van der Waals surface area contributed by atoms with Gasteiger partial charge in [-0.05, 0) is 25.0 Å². The first-order valence-electron chi connectivity index (χ1n) is 7.13. The van der Waals surface area contributed by atoms with Crippen molar-refractivity contribution in [1.29, 1.82) is 0 Å². The van der Waals surface area contributed by atoms with Gasteiger partial charge >= 0.3 is 0 Å². The summed E-state index contributed by atoms with van der Waals surface area (Å²) >= 11 is 0. The lowest BCUT2D eigenvalue weighted by Crippen LogP contribution is -2.18. The van der Waals surface area contributed by atoms with Crippen LogP contribution in [0.4, 0.5) is 5.69 Å². The van der Waals surface area contributed by atoms with Gasteiger partial charge in [0.25, 0.3) is 0 Å². The van der Waals surface area contributed by atoms with Gasteiger partial charge in [0.05, 0.1) is 11.9 Å². The van der Waals surface area contributed by atoms with Crippen molar-refractivity contribution < 1.29 is 0 Å². The van der Waals surface area contributed by atoms with Crippen LogP contribution in [-0.2, 0) is 0 Å². The fraction of sp³-hybridized carbons (Fsp3) is 0.467. The van der Waals surface area contributed by atoms with E-state index in [1.807, 2.05) is 23.0 Å². The molecule has 0 aromatic carbocycles. The van der Waals surface area contributed by atoms with Gasteiger partial charge in [-0.15, -0.1) is 0 Å². The Balaban J connectivity index is 1.65. The monoisotopic (exact) mass is 256 g/mol. The average molecular weight is 256 g/mol. The molecule has 1 N–H and O–H groups in total. The molecule has 0 amide bonds. The number of pyridine rings is 1. The van der Waals surface area contributed by atoms with Crippen LogP contribution in [0.3, 0.4) is 0 Å². The highest BCUT2D eigenvalue weighted by Gasteiger charge is 2.11. The Morgan fingerprint density at radius 1 is 1.11 bits per heavy atom. The van der Waals surface area contributed by atoms with Crippen molar-refractivity contribution >= 4 is 5.69 Å². The molecule has 100 valence electrons. The molecule has 3 rings (SSSR count). The van der Waals surface area contributed by atoms with Crippen LogP contribution >= 0.6 is 0 Å². The van der Waals surface area contributed by atoms with Crippen molar-refractivity contribution in [3.8, 4) is 5.82 Å². The largest absolute Gasteiger partial charge is 0.381 e. The van der Waals surface area contributed by atoms with E-state index in [2.05, 4.69) is 21.4 Å². The van der Waals surface area contributed by atoms with Crippen molar-refractivity contribution in [2.24, 2.45) is 0 Å². The van der Waals surface area contributed by atoms with E-state index in [1.54, 1.807) is 12.5 Å². The molecule has 0 atom stereocenters. The Morgan fingerprint density at radius 2 is 1.95 bits per heavy atom. The molecule has 0 radical (unpaired) electrons. The molecule has 4 nitrogen and oxygen atoms in total. The van der Waals surface area contributed by atoms with Crippen LogP contribution in [0.15, 0.2) is 37.1 Å². The molecule has 4 heteroatoms. The van der Waals surface area contributed by atoms with Crippen molar-refractivity contribution in [2.75, 3.05) is 5.32 Å². The molecule has 1 fully saturated rings. The maximum absolute atomic E-state index is 4.47. The van der Waals surface area contributed by atoms with Crippen LogP contribution in [0.25, 0.3) is 5.82 Å². The number of rotatable bonds is 3. The highest BCUT2D eigenvalue weighted by molar-refractivity contribution is 5.44. The summed E-state index contributed by atoms with van der Waals surface area (Å²) in [5.74, 6) is 0.906. The van der Waals surface area contributed by atoms with Gasteiger partial charge in [0, 0.05) is 18.4 Å². The molecule has 2 aromatic rings. The van der Waals surface area contributed by atoms with Crippen molar-refractivity contribution in [3.05, 3.63) is 37.1 Å². The summed E-state index contributed by atoms with van der Waals surface area (Å²) < 4.78 is 1.91. The van der Waals surface area contributed by atoms with E-state index in [9.17, 15) is 0 Å². The molecule has 1 aliphatic carbocycles. The van der Waals surface area contributed by atoms with Gasteiger partial charge in [-0.1, -0.05) is 25.7 Å². The predicted octanol–water partition coefficient (Wildman–Crippen LogP) is 3.40. The molecular formula is C15H20N4. The zero-order valence-electron chi connectivity index (χ0n) is 11.1. The van der Waals surface area contributed by atoms with Crippen LogP contribution in [0, 0.1) is 0 Å². The van der Waals surface area contributed by atoms with Crippen LogP contribution in [0.5, 0.6) is 0 Å². The van der Waals surface area contributed by atoms with E-state index in [0.29, 0.717) is 6.04 Å². The van der Waals surface area contributed by atoms with Gasteiger partial charge in [0.2, 0.25) is 0 Å². The highest BCUT2D eigenvalue weighted by atomic mass is 15.1. The minimum atomic E-state index is 0.614. The molecular weight excluding hydrogens is 236 g/mol. The minimum Gasteiger partial charge on any atom is -0.381 e. The lowest BCUT2D eigenvalue weighted by molar-refractivity contribution is 0.619. The Labute approximate surface area is 113 Å². The van der Waals surface area contributed by atoms with Gasteiger partial charge in [0.15, 0.2) is 0 Å². The lowest BCUT2D eigenvalue weighted by Gasteiger charge is -2.17. The van der Waals surface area contributed by atoms with Gasteiger partial charge in [0.1, 0.15) is 12.1 Å². The number of nitrogens with one attached hydrogen (secondary N) is 1. The first kappa shape index (κ1) is 12.2. The second kappa shape index (κ2) is 5.87. The molecule has 2 heterocycles. The predicted molar refractivity (Wildman–Crippen MR) is 76.5 cm³/mol. The fourth-order valence-electron chi connectivity index (χ4n) is 2.68. The van der Waals surface area contributed by atoms with Crippen molar-refractivity contribution in [3.63, 3.8) is 0 Å². The van der Waals surface area contributed by atoms with Gasteiger partial charge in [-0.3, -0.25) is 4.57 Å². The Hall–Kier alpha value is -1.84. The maximum Gasteiger partial charge on any atom is 0.137 e. The number of nitrogens with zero attached hydrogens (tertiary/aromatic N) is 3. The average Bonchev–Trinajstić information content (AvgIpc) is 2.86. The standard InChI is InChI=1S/C15H20N4/c1-2-4-6-13(5-3-1)18-14-7-8-15(17-11-14)19-10-9-16-12-19/h7-13,18H,1-6H2. The molecule has 0 spiro atoms. The van der Waals surface area contributed by atoms with E-state index in [0.717, 1.165) is 11.5 Å². The summed E-state index contributed by atoms with van der Waals surface area (Å²) in [6.45, 7) is 0. The fourth-order valence-corrected chi connectivity index (χ4v) is 2.68. The number of hydrogen-bond acceptors (Lipinski definition) is 3. The third-order valence-corrected chi connectivity index (χ3v) is 3.74. The van der Waals surface area contributed by atoms with E-state index < -0.39 is 0 Å². The number of anilines is 1. The van der Waals surface area contributed by atoms with Crippen LogP contribution in [0.2, 0.25) is 0 Å². The second-order valence-electron chi connectivity index (χ2n) is 5.21. The summed E-state index contributed by atoms with van der Waals surface area (Å²) in [5.41, 5.74) is 1.12. The SMILES string of the molecule is c1cn(-c2ccc(NC3CCCCCC3)cn2)cn1. The normalized spacial score (nSPS) is 17.1. The number of aromatic nitrogens is 3. The number of imidazole rings is 1. The topological polar surface area (TPSA) is 42.7 Å². The summed E-state index contributed by atoms with van der Waals surface area (Å²) in [6.07, 6.45) is 15.4. The summed E-state index contributed by atoms with van der Waals surface area (Å²) in [6, 6.07) is 4.75. The molecule has 0 bridgehead atoms. The smallest absolute Gasteiger partial charge is 0.137 e. The number of hydrogen-bond donors (Lipinski definition) is 1. The highest BCUT2D eigenvalue weighted by Crippen LogP contribution is 2.21. The Morgan fingerprint density at radius 3 is 2.58 bits per heavy atom. The molecule has 0 unspecified atom stereocenters. The molecule has 0 saturated heterocycles. The summed E-state index contributed by atoms with van der Waals surface area (Å²) in [4.78, 5) is 8.50. The first-order chi connectivity index (χ1) is 9.42. The Kier molecular flexibility index (Phi) is 3.77. The van der Waals surface area contributed by atoms with E-state index in [4.69, 9.17) is 0 Å². The van der Waals surface area contributed by atoms with E-state index in [1.165, 1.54) is 38.5 Å². The Bertz CT molecular complexity index is 481. The van der Waals surface area contributed by atoms with E-state index in [-0.39, 0.29) is 0 Å². The van der Waals surface area contributed by atoms with Crippen LogP contribution in [-0.4, -0.2) is 20.6 Å². The van der Waals surface area contributed by atoms with Gasteiger partial charge < -0.3 is 5.32 Å². The quantitative estimate of drug-likeness (QED) is 0.856. The zero-order chi connectivity index (χ0) is 12.9. The van der Waals surface area contributed by atoms with Crippen LogP contribution < -0.4 is 5.32 Å². The third-order valence-electron chi connectivity index (χ3n) is 3.74. The van der Waals surface area contributed by atoms with Crippen molar-refractivity contribution in [1.82, 2.24) is 14.5 Å². The maximum atomic E-state index is 4.47. The molecule has 19 heavy (non-hydrogen) atoms.